The van der Waals surface area contributed by atoms with E-state index in [1.807, 2.05) is 48.5 Å². The van der Waals surface area contributed by atoms with Gasteiger partial charge in [-0.05, 0) is 30.5 Å². The van der Waals surface area contributed by atoms with Crippen molar-refractivity contribution in [2.45, 2.75) is 24.8 Å². The summed E-state index contributed by atoms with van der Waals surface area (Å²) < 4.78 is 4.90. The first-order valence-electron chi connectivity index (χ1n) is 9.00. The zero-order valence-corrected chi connectivity index (χ0v) is 15.0. The van der Waals surface area contributed by atoms with Gasteiger partial charge in [0.05, 0.1) is 18.2 Å². The molecule has 1 saturated carbocycles. The van der Waals surface area contributed by atoms with Crippen LogP contribution in [0, 0.1) is 0 Å². The molecule has 0 aliphatic heterocycles. The molecule has 0 radical (unpaired) electrons. The second-order valence-electron chi connectivity index (χ2n) is 6.73. The van der Waals surface area contributed by atoms with Crippen LogP contribution in [-0.2, 0) is 9.53 Å². The van der Waals surface area contributed by atoms with E-state index >= 15 is 0 Å². The van der Waals surface area contributed by atoms with Crippen LogP contribution in [-0.4, -0.2) is 24.0 Å². The first-order chi connectivity index (χ1) is 13.2. The number of hydrogen-bond acceptors (Lipinski definition) is 4. The zero-order chi connectivity index (χ0) is 18.8. The number of hydrogen-bond donors (Lipinski definition) is 1. The summed E-state index contributed by atoms with van der Waals surface area (Å²) in [6, 6.07) is 17.7. The van der Waals surface area contributed by atoms with Crippen LogP contribution in [0.1, 0.15) is 46.4 Å². The summed E-state index contributed by atoms with van der Waals surface area (Å²) in [4.78, 5) is 30.1. The third-order valence-electron chi connectivity index (χ3n) is 4.82. The number of benzene rings is 2. The summed E-state index contributed by atoms with van der Waals surface area (Å²) in [5, 5.41) is 3.61. The first kappa shape index (κ1) is 17.2. The maximum atomic E-state index is 13.1. The molecule has 1 N–H and O–H groups in total. The fourth-order valence-electron chi connectivity index (χ4n) is 3.22. The Morgan fingerprint density at radius 2 is 1.78 bits per heavy atom. The van der Waals surface area contributed by atoms with Gasteiger partial charge in [0.2, 0.25) is 0 Å². The van der Waals surface area contributed by atoms with Crippen molar-refractivity contribution in [3.8, 4) is 0 Å². The number of rotatable bonds is 5. The minimum atomic E-state index is -0.861. The van der Waals surface area contributed by atoms with Gasteiger partial charge in [-0.3, -0.25) is 9.78 Å². The second-order valence-corrected chi connectivity index (χ2v) is 6.73. The summed E-state index contributed by atoms with van der Waals surface area (Å²) in [6.07, 6.45) is 2.20. The lowest BCUT2D eigenvalue weighted by Gasteiger charge is -2.18. The molecule has 1 fully saturated rings. The van der Waals surface area contributed by atoms with Gasteiger partial charge >= 0.3 is 5.97 Å². The molecular weight excluding hydrogens is 340 g/mol. The maximum Gasteiger partial charge on any atom is 0.333 e. The topological polar surface area (TPSA) is 68.3 Å². The Kier molecular flexibility index (Phi) is 4.59. The third kappa shape index (κ3) is 3.53. The Balaban J connectivity index is 1.72. The highest BCUT2D eigenvalue weighted by molar-refractivity contribution is 6.07. The quantitative estimate of drug-likeness (QED) is 0.704. The molecule has 136 valence electrons. The second kappa shape index (κ2) is 7.19. The monoisotopic (exact) mass is 360 g/mol. The van der Waals surface area contributed by atoms with Gasteiger partial charge < -0.3 is 10.1 Å². The van der Waals surface area contributed by atoms with Crippen molar-refractivity contribution in [1.82, 2.24) is 10.3 Å². The molecule has 1 unspecified atom stereocenters. The van der Waals surface area contributed by atoms with Crippen molar-refractivity contribution in [2.75, 3.05) is 7.11 Å². The van der Waals surface area contributed by atoms with Crippen molar-refractivity contribution >= 4 is 22.8 Å². The smallest absolute Gasteiger partial charge is 0.333 e. The highest BCUT2D eigenvalue weighted by Crippen LogP contribution is 2.40. The number of aromatic nitrogens is 1. The first-order valence-corrected chi connectivity index (χ1v) is 9.00. The van der Waals surface area contributed by atoms with E-state index in [1.54, 1.807) is 12.1 Å². The van der Waals surface area contributed by atoms with Gasteiger partial charge in [-0.25, -0.2) is 4.79 Å². The van der Waals surface area contributed by atoms with Gasteiger partial charge in [-0.1, -0.05) is 48.5 Å². The molecule has 5 heteroatoms. The lowest BCUT2D eigenvalue weighted by Crippen LogP contribution is -2.34. The van der Waals surface area contributed by atoms with E-state index < -0.39 is 12.0 Å². The maximum absolute atomic E-state index is 13.1. The van der Waals surface area contributed by atoms with Crippen molar-refractivity contribution in [1.29, 1.82) is 0 Å². The van der Waals surface area contributed by atoms with E-state index in [1.165, 1.54) is 7.11 Å². The SMILES string of the molecule is COC(=O)C(NC(=O)c1cc(C2CC2)nc2ccccc12)c1ccccc1. The Hall–Kier alpha value is -3.21. The third-order valence-corrected chi connectivity index (χ3v) is 4.82. The predicted molar refractivity (Wildman–Crippen MR) is 102 cm³/mol. The molecule has 0 bridgehead atoms. The number of nitrogens with one attached hydrogen (secondary N) is 1. The van der Waals surface area contributed by atoms with Crippen LogP contribution in [0.2, 0.25) is 0 Å². The van der Waals surface area contributed by atoms with Gasteiger partial charge in [0, 0.05) is 17.0 Å². The predicted octanol–water partition coefficient (Wildman–Crippen LogP) is 3.76. The lowest BCUT2D eigenvalue weighted by atomic mass is 10.0. The van der Waals surface area contributed by atoms with Gasteiger partial charge in [0.1, 0.15) is 0 Å². The number of amides is 1. The van der Waals surface area contributed by atoms with Crippen LogP contribution in [0.15, 0.2) is 60.7 Å². The molecule has 1 heterocycles. The van der Waals surface area contributed by atoms with Crippen LogP contribution >= 0.6 is 0 Å². The molecule has 0 saturated heterocycles. The standard InChI is InChI=1S/C22H20N2O3/c1-27-22(26)20(15-7-3-2-4-8-15)24-21(25)17-13-19(14-11-12-14)23-18-10-6-5-9-16(17)18/h2-10,13-14,20H,11-12H2,1H3,(H,24,25). The highest BCUT2D eigenvalue weighted by atomic mass is 16.5. The number of para-hydroxylation sites is 1. The van der Waals surface area contributed by atoms with E-state index in [2.05, 4.69) is 5.32 Å². The molecule has 1 amide bonds. The van der Waals surface area contributed by atoms with E-state index in [0.29, 0.717) is 17.0 Å². The fraction of sp³-hybridized carbons (Fsp3) is 0.227. The molecule has 0 spiro atoms. The molecule has 2 aromatic carbocycles. The van der Waals surface area contributed by atoms with Crippen LogP contribution < -0.4 is 5.32 Å². The summed E-state index contributed by atoms with van der Waals surface area (Å²) in [5.74, 6) is -0.392. The molecule has 4 rings (SSSR count). The normalized spacial score (nSPS) is 14.6. The number of pyridine rings is 1. The number of nitrogens with zero attached hydrogens (tertiary/aromatic N) is 1. The Bertz CT molecular complexity index is 997. The van der Waals surface area contributed by atoms with Crippen LogP contribution in [0.4, 0.5) is 0 Å². The minimum Gasteiger partial charge on any atom is -0.467 e. The van der Waals surface area contributed by atoms with Crippen molar-refractivity contribution < 1.29 is 14.3 Å². The molecule has 5 nitrogen and oxygen atoms in total. The van der Waals surface area contributed by atoms with Gasteiger partial charge in [-0.2, -0.15) is 0 Å². The average Bonchev–Trinajstić information content (AvgIpc) is 3.56. The number of ether oxygens (including phenoxy) is 1. The molecule has 1 aromatic heterocycles. The van der Waals surface area contributed by atoms with Gasteiger partial charge in [0.15, 0.2) is 6.04 Å². The molecule has 1 aliphatic carbocycles. The van der Waals surface area contributed by atoms with Gasteiger partial charge in [-0.15, -0.1) is 0 Å². The Labute approximate surface area is 157 Å². The average molecular weight is 360 g/mol. The lowest BCUT2D eigenvalue weighted by molar-refractivity contribution is -0.143. The molecule has 27 heavy (non-hydrogen) atoms. The van der Waals surface area contributed by atoms with Crippen molar-refractivity contribution in [2.24, 2.45) is 0 Å². The summed E-state index contributed by atoms with van der Waals surface area (Å²) in [5.41, 5.74) is 2.94. The molecule has 1 aliphatic rings. The van der Waals surface area contributed by atoms with Crippen LogP contribution in [0.25, 0.3) is 10.9 Å². The minimum absolute atomic E-state index is 0.310. The Morgan fingerprint density at radius 1 is 1.07 bits per heavy atom. The Morgan fingerprint density at radius 3 is 2.48 bits per heavy atom. The molecule has 3 aromatic rings. The van der Waals surface area contributed by atoms with Crippen LogP contribution in [0.3, 0.4) is 0 Å². The van der Waals surface area contributed by atoms with E-state index in [4.69, 9.17) is 9.72 Å². The zero-order valence-electron chi connectivity index (χ0n) is 15.0. The van der Waals surface area contributed by atoms with Gasteiger partial charge in [0.25, 0.3) is 5.91 Å². The van der Waals surface area contributed by atoms with Crippen molar-refractivity contribution in [3.63, 3.8) is 0 Å². The van der Waals surface area contributed by atoms with E-state index in [0.717, 1.165) is 29.4 Å². The highest BCUT2D eigenvalue weighted by Gasteiger charge is 2.28. The summed E-state index contributed by atoms with van der Waals surface area (Å²) in [6.45, 7) is 0. The number of carbonyl (C=O) groups excluding carboxylic acids is 2. The molecular formula is C22H20N2O3. The fourth-order valence-corrected chi connectivity index (χ4v) is 3.22. The number of esters is 1. The van der Waals surface area contributed by atoms with E-state index in [-0.39, 0.29) is 5.91 Å². The molecule has 1 atom stereocenters. The van der Waals surface area contributed by atoms with E-state index in [9.17, 15) is 9.59 Å². The summed E-state index contributed by atoms with van der Waals surface area (Å²) >= 11 is 0. The summed E-state index contributed by atoms with van der Waals surface area (Å²) in [7, 11) is 1.32. The number of fused-ring (bicyclic) bond motifs is 1. The van der Waals surface area contributed by atoms with Crippen LogP contribution in [0.5, 0.6) is 0 Å². The van der Waals surface area contributed by atoms with Crippen molar-refractivity contribution in [3.05, 3.63) is 77.5 Å². The number of methoxy groups -OCH3 is 1. The largest absolute Gasteiger partial charge is 0.467 e. The number of carbonyl (C=O) groups is 2.